The summed E-state index contributed by atoms with van der Waals surface area (Å²) >= 11 is 0. The number of nitrogens with zero attached hydrogens (tertiary/aromatic N) is 6. The lowest BCUT2D eigenvalue weighted by molar-refractivity contribution is 0.0987. The summed E-state index contributed by atoms with van der Waals surface area (Å²) in [5, 5.41) is 9.76. The van der Waals surface area contributed by atoms with Crippen LogP contribution in [0.2, 0.25) is 0 Å². The maximum absolute atomic E-state index is 13.3. The van der Waals surface area contributed by atoms with E-state index in [4.69, 9.17) is 4.74 Å². The molecule has 0 atom stereocenters. The second-order valence-corrected chi connectivity index (χ2v) is 9.10. The van der Waals surface area contributed by atoms with Crippen LogP contribution in [0.25, 0.3) is 0 Å². The second kappa shape index (κ2) is 10.8. The minimum absolute atomic E-state index is 0.141. The zero-order chi connectivity index (χ0) is 27.5. The van der Waals surface area contributed by atoms with Crippen molar-refractivity contribution in [3.8, 4) is 5.75 Å². The number of hydrogen-bond acceptors (Lipinski definition) is 7. The summed E-state index contributed by atoms with van der Waals surface area (Å²) in [7, 11) is 1.75. The standard InChI is InChI=1S/C29H28N6O4/c1-4-35-26-23(29(37)33(3)24-6-5-12-30-27(24)35)17-20(18-31-26)11-15-39-25-8-7-21(16-19(25)2)28(36)32-22-9-13-34(38)14-10-22/h5-10,12-14,16-18,38H,4,11,15H2,1-3H3. The van der Waals surface area contributed by atoms with E-state index >= 15 is 0 Å². The fourth-order valence-electron chi connectivity index (χ4n) is 4.45. The molecule has 0 unspecified atom stereocenters. The van der Waals surface area contributed by atoms with E-state index in [-0.39, 0.29) is 11.8 Å². The lowest BCUT2D eigenvalue weighted by atomic mass is 10.1. The topological polar surface area (TPSA) is 113 Å². The van der Waals surface area contributed by atoms with Crippen LogP contribution in [0.1, 0.15) is 38.8 Å². The molecule has 5 rings (SSSR count). The van der Waals surface area contributed by atoms with Crippen molar-refractivity contribution in [1.82, 2.24) is 14.7 Å². The molecule has 2 amide bonds. The van der Waals surface area contributed by atoms with E-state index in [0.717, 1.165) is 21.5 Å². The zero-order valence-corrected chi connectivity index (χ0v) is 21.9. The molecule has 1 aliphatic heterocycles. The number of aromatic nitrogens is 3. The summed E-state index contributed by atoms with van der Waals surface area (Å²) in [5.74, 6) is 1.42. The number of fused-ring (bicyclic) bond motifs is 2. The molecule has 1 aromatic carbocycles. The van der Waals surface area contributed by atoms with Crippen LogP contribution >= 0.6 is 0 Å². The molecule has 4 heterocycles. The highest BCUT2D eigenvalue weighted by atomic mass is 16.5. The van der Waals surface area contributed by atoms with Crippen LogP contribution < -0.4 is 19.9 Å². The largest absolute Gasteiger partial charge is 0.493 e. The Hall–Kier alpha value is -4.99. The predicted octanol–water partition coefficient (Wildman–Crippen LogP) is 3.93. The van der Waals surface area contributed by atoms with Gasteiger partial charge in [0.05, 0.1) is 23.2 Å². The fraction of sp³-hybridized carbons (Fsp3) is 0.207. The van der Waals surface area contributed by atoms with Gasteiger partial charge in [-0.05, 0) is 73.5 Å². The lowest BCUT2D eigenvalue weighted by Gasteiger charge is -2.22. The summed E-state index contributed by atoms with van der Waals surface area (Å²) in [6.07, 6.45) is 6.83. The number of ether oxygens (including phenoxy) is 1. The van der Waals surface area contributed by atoms with Gasteiger partial charge in [-0.1, -0.05) is 0 Å². The molecule has 0 fully saturated rings. The van der Waals surface area contributed by atoms with Gasteiger partial charge in [0, 0.05) is 50.4 Å². The molecule has 10 heteroatoms. The first-order valence-corrected chi connectivity index (χ1v) is 12.6. The van der Waals surface area contributed by atoms with Crippen LogP contribution in [-0.4, -0.2) is 51.9 Å². The summed E-state index contributed by atoms with van der Waals surface area (Å²) < 4.78 is 6.88. The van der Waals surface area contributed by atoms with Gasteiger partial charge in [0.15, 0.2) is 5.82 Å². The molecule has 0 saturated heterocycles. The third-order valence-corrected chi connectivity index (χ3v) is 6.51. The smallest absolute Gasteiger partial charge is 0.277 e. The highest BCUT2D eigenvalue weighted by molar-refractivity contribution is 6.12. The van der Waals surface area contributed by atoms with Gasteiger partial charge in [-0.3, -0.25) is 9.59 Å². The number of rotatable bonds is 6. The molecule has 0 aliphatic carbocycles. The maximum atomic E-state index is 13.3. The highest BCUT2D eigenvalue weighted by Crippen LogP contribution is 2.37. The van der Waals surface area contributed by atoms with Crippen molar-refractivity contribution in [2.45, 2.75) is 20.3 Å². The van der Waals surface area contributed by atoms with Crippen molar-refractivity contribution in [2.75, 3.05) is 30.0 Å². The number of anilines is 3. The van der Waals surface area contributed by atoms with Crippen LogP contribution in [0.4, 0.5) is 17.3 Å². The minimum Gasteiger partial charge on any atom is -0.493 e. The first kappa shape index (κ1) is 25.7. The minimum atomic E-state index is -0.385. The van der Waals surface area contributed by atoms with Crippen molar-refractivity contribution in [1.29, 1.82) is 0 Å². The van der Waals surface area contributed by atoms with Crippen LogP contribution in [-0.2, 0) is 6.42 Å². The van der Waals surface area contributed by atoms with E-state index in [0.29, 0.717) is 53.4 Å². The Kier molecular flexibility index (Phi) is 7.09. The molecular weight excluding hydrogens is 496 g/mol. The first-order valence-electron chi connectivity index (χ1n) is 12.6. The van der Waals surface area contributed by atoms with Gasteiger partial charge in [-0.2, -0.15) is 0 Å². The van der Waals surface area contributed by atoms with Gasteiger partial charge in [0.1, 0.15) is 11.6 Å². The molecule has 3 aromatic heterocycles. The Bertz CT molecular complexity index is 1610. The Morgan fingerprint density at radius 2 is 1.87 bits per heavy atom. The molecule has 4 aromatic rings. The SMILES string of the molecule is CCN1c2ncc(CCOc3ccc(C(=O)N=c4ccn(O)cc4)cc3C)cc2C(=O)N(C)c2cccnc21. The molecule has 0 spiro atoms. The third kappa shape index (κ3) is 5.22. The fourth-order valence-corrected chi connectivity index (χ4v) is 4.45. The number of hydrogen-bond donors (Lipinski definition) is 1. The summed E-state index contributed by atoms with van der Waals surface area (Å²) in [5.41, 5.74) is 3.37. The Labute approximate surface area is 225 Å². The summed E-state index contributed by atoms with van der Waals surface area (Å²) in [4.78, 5) is 42.7. The Morgan fingerprint density at radius 1 is 1.08 bits per heavy atom. The number of amides is 2. The van der Waals surface area contributed by atoms with Crippen LogP contribution in [0.15, 0.2) is 78.3 Å². The number of carbonyl (C=O) groups is 2. The molecule has 0 radical (unpaired) electrons. The van der Waals surface area contributed by atoms with Gasteiger partial charge >= 0.3 is 0 Å². The molecule has 0 bridgehead atoms. The monoisotopic (exact) mass is 524 g/mol. The van der Waals surface area contributed by atoms with E-state index in [1.165, 1.54) is 12.4 Å². The van der Waals surface area contributed by atoms with Crippen molar-refractivity contribution in [3.05, 3.63) is 101 Å². The zero-order valence-electron chi connectivity index (χ0n) is 21.9. The lowest BCUT2D eigenvalue weighted by Crippen LogP contribution is -2.25. The van der Waals surface area contributed by atoms with E-state index in [9.17, 15) is 14.8 Å². The molecular formula is C29H28N6O4. The number of benzene rings is 1. The third-order valence-electron chi connectivity index (χ3n) is 6.51. The molecule has 1 aliphatic rings. The van der Waals surface area contributed by atoms with Crippen LogP contribution in [0.3, 0.4) is 0 Å². The molecule has 10 nitrogen and oxygen atoms in total. The van der Waals surface area contributed by atoms with Crippen LogP contribution in [0.5, 0.6) is 5.75 Å². The summed E-state index contributed by atoms with van der Waals surface area (Å²) in [6.45, 7) is 4.86. The number of carbonyl (C=O) groups excluding carboxylic acids is 2. The number of aryl methyl sites for hydroxylation is 1. The predicted molar refractivity (Wildman–Crippen MR) is 146 cm³/mol. The van der Waals surface area contributed by atoms with Crippen LogP contribution in [0, 0.1) is 6.92 Å². The average Bonchev–Trinajstić information content (AvgIpc) is 3.03. The van der Waals surface area contributed by atoms with Crippen molar-refractivity contribution >= 4 is 29.1 Å². The highest BCUT2D eigenvalue weighted by Gasteiger charge is 2.30. The molecule has 0 saturated carbocycles. The second-order valence-electron chi connectivity index (χ2n) is 9.10. The normalized spacial score (nSPS) is 12.4. The van der Waals surface area contributed by atoms with E-state index in [1.54, 1.807) is 54.7 Å². The Morgan fingerprint density at radius 3 is 2.62 bits per heavy atom. The Balaban J connectivity index is 1.29. The molecule has 1 N–H and O–H groups in total. The average molecular weight is 525 g/mol. The summed E-state index contributed by atoms with van der Waals surface area (Å²) in [6, 6.07) is 13.8. The van der Waals surface area contributed by atoms with Gasteiger partial charge in [0.25, 0.3) is 11.8 Å². The maximum Gasteiger partial charge on any atom is 0.277 e. The van der Waals surface area contributed by atoms with E-state index in [1.807, 2.05) is 36.9 Å². The first-order chi connectivity index (χ1) is 18.9. The van der Waals surface area contributed by atoms with E-state index in [2.05, 4.69) is 15.0 Å². The van der Waals surface area contributed by atoms with E-state index < -0.39 is 0 Å². The molecule has 198 valence electrons. The van der Waals surface area contributed by atoms with Crippen molar-refractivity contribution < 1.29 is 19.5 Å². The van der Waals surface area contributed by atoms with Gasteiger partial charge in [-0.15, -0.1) is 0 Å². The van der Waals surface area contributed by atoms with Crippen molar-refractivity contribution in [2.24, 2.45) is 4.99 Å². The van der Waals surface area contributed by atoms with Crippen molar-refractivity contribution in [3.63, 3.8) is 0 Å². The van der Waals surface area contributed by atoms with Gasteiger partial charge in [0.2, 0.25) is 0 Å². The number of pyridine rings is 3. The quantitative estimate of drug-likeness (QED) is 0.380. The molecule has 39 heavy (non-hydrogen) atoms. The van der Waals surface area contributed by atoms with Gasteiger partial charge < -0.3 is 19.7 Å². The van der Waals surface area contributed by atoms with Gasteiger partial charge in [-0.25, -0.2) is 19.7 Å².